The molecular weight excluding hydrogens is 286 g/mol. The SMILES string of the molecule is CN(CCC(N)=S)C(=O)CN1CCC2(O)CCCCC2C1. The molecule has 0 spiro atoms. The van der Waals surface area contributed by atoms with Crippen molar-refractivity contribution in [1.29, 1.82) is 0 Å². The number of likely N-dealkylation sites (tertiary alicyclic amines) is 1. The maximum atomic E-state index is 12.2. The third kappa shape index (κ3) is 4.37. The number of hydrogen-bond donors (Lipinski definition) is 2. The first kappa shape index (κ1) is 16.6. The van der Waals surface area contributed by atoms with Gasteiger partial charge < -0.3 is 15.7 Å². The number of nitrogens with two attached hydrogens (primary N) is 1. The third-order valence-corrected chi connectivity index (χ3v) is 5.19. The zero-order chi connectivity index (χ0) is 15.5. The molecule has 1 saturated heterocycles. The number of hydrogen-bond acceptors (Lipinski definition) is 4. The highest BCUT2D eigenvalue weighted by Crippen LogP contribution is 2.39. The van der Waals surface area contributed by atoms with E-state index in [0.29, 0.717) is 30.4 Å². The molecular formula is C15H27N3O2S. The Labute approximate surface area is 132 Å². The molecule has 2 atom stereocenters. The third-order valence-electron chi connectivity index (χ3n) is 4.99. The lowest BCUT2D eigenvalue weighted by Crippen LogP contribution is -2.55. The second-order valence-corrected chi connectivity index (χ2v) is 7.09. The number of carbonyl (C=O) groups excluding carboxylic acids is 1. The summed E-state index contributed by atoms with van der Waals surface area (Å²) in [6.45, 7) is 2.66. The van der Waals surface area contributed by atoms with Gasteiger partial charge in [-0.2, -0.15) is 0 Å². The van der Waals surface area contributed by atoms with Crippen LogP contribution in [0.1, 0.15) is 38.5 Å². The average molecular weight is 313 g/mol. The van der Waals surface area contributed by atoms with Gasteiger partial charge in [0.05, 0.1) is 17.1 Å². The first-order valence-corrected chi connectivity index (χ1v) is 8.28. The molecule has 2 unspecified atom stereocenters. The number of nitrogens with zero attached hydrogens (tertiary/aromatic N) is 2. The smallest absolute Gasteiger partial charge is 0.236 e. The van der Waals surface area contributed by atoms with Crippen LogP contribution in [0.5, 0.6) is 0 Å². The van der Waals surface area contributed by atoms with Crippen LogP contribution in [0.3, 0.4) is 0 Å². The van der Waals surface area contributed by atoms with Gasteiger partial charge in [0.1, 0.15) is 0 Å². The van der Waals surface area contributed by atoms with Gasteiger partial charge in [-0.15, -0.1) is 0 Å². The summed E-state index contributed by atoms with van der Waals surface area (Å²) in [5, 5.41) is 10.6. The van der Waals surface area contributed by atoms with Crippen LogP contribution >= 0.6 is 12.2 Å². The first-order valence-electron chi connectivity index (χ1n) is 7.88. The highest BCUT2D eigenvalue weighted by molar-refractivity contribution is 7.80. The van der Waals surface area contributed by atoms with E-state index in [1.165, 1.54) is 6.42 Å². The number of amides is 1. The van der Waals surface area contributed by atoms with Crippen LogP contribution in [0.2, 0.25) is 0 Å². The van der Waals surface area contributed by atoms with Crippen LogP contribution in [0.15, 0.2) is 0 Å². The maximum Gasteiger partial charge on any atom is 0.236 e. The Balaban J connectivity index is 1.81. The summed E-state index contributed by atoms with van der Waals surface area (Å²) in [5.41, 5.74) is 4.99. The van der Waals surface area contributed by atoms with Gasteiger partial charge in [0.15, 0.2) is 0 Å². The number of aliphatic hydroxyl groups is 1. The molecule has 0 aromatic rings. The summed E-state index contributed by atoms with van der Waals surface area (Å²) in [5.74, 6) is 0.433. The molecule has 1 saturated carbocycles. The Bertz CT molecular complexity index is 404. The van der Waals surface area contributed by atoms with Crippen LogP contribution in [-0.4, -0.2) is 64.6 Å². The summed E-state index contributed by atoms with van der Waals surface area (Å²) in [6, 6.07) is 0. The summed E-state index contributed by atoms with van der Waals surface area (Å²) in [4.78, 5) is 16.5. The number of fused-ring (bicyclic) bond motifs is 1. The van der Waals surface area contributed by atoms with E-state index in [2.05, 4.69) is 4.90 Å². The topological polar surface area (TPSA) is 69.8 Å². The van der Waals surface area contributed by atoms with Gasteiger partial charge in [-0.1, -0.05) is 25.1 Å². The lowest BCUT2D eigenvalue weighted by Gasteiger charge is -2.47. The lowest BCUT2D eigenvalue weighted by molar-refractivity contribution is -0.135. The van der Waals surface area contributed by atoms with Crippen molar-refractivity contribution in [2.75, 3.05) is 33.2 Å². The normalized spacial score (nSPS) is 29.7. The van der Waals surface area contributed by atoms with Gasteiger partial charge in [-0.3, -0.25) is 9.69 Å². The highest BCUT2D eigenvalue weighted by atomic mass is 32.1. The fourth-order valence-electron chi connectivity index (χ4n) is 3.50. The highest BCUT2D eigenvalue weighted by Gasteiger charge is 2.42. The van der Waals surface area contributed by atoms with Gasteiger partial charge in [0.25, 0.3) is 0 Å². The molecule has 0 aromatic heterocycles. The van der Waals surface area contributed by atoms with E-state index in [-0.39, 0.29) is 5.91 Å². The molecule has 0 bridgehead atoms. The number of thiocarbonyl (C=S) groups is 1. The number of rotatable bonds is 5. The van der Waals surface area contributed by atoms with Crippen molar-refractivity contribution in [3.63, 3.8) is 0 Å². The average Bonchev–Trinajstić information content (AvgIpc) is 2.44. The predicted molar refractivity (Wildman–Crippen MR) is 87.0 cm³/mol. The minimum atomic E-state index is -0.477. The van der Waals surface area contributed by atoms with Crippen molar-refractivity contribution in [3.05, 3.63) is 0 Å². The summed E-state index contributed by atoms with van der Waals surface area (Å²) < 4.78 is 0. The summed E-state index contributed by atoms with van der Waals surface area (Å²) in [6.07, 6.45) is 5.70. The molecule has 0 aromatic carbocycles. The van der Waals surface area contributed by atoms with Crippen molar-refractivity contribution in [1.82, 2.24) is 9.80 Å². The van der Waals surface area contributed by atoms with Crippen molar-refractivity contribution in [2.24, 2.45) is 11.7 Å². The molecule has 2 fully saturated rings. The fraction of sp³-hybridized carbons (Fsp3) is 0.867. The van der Waals surface area contributed by atoms with E-state index in [4.69, 9.17) is 18.0 Å². The summed E-state index contributed by atoms with van der Waals surface area (Å²) >= 11 is 4.84. The lowest BCUT2D eigenvalue weighted by atomic mass is 9.71. The van der Waals surface area contributed by atoms with Gasteiger partial charge in [0, 0.05) is 39.0 Å². The van der Waals surface area contributed by atoms with Crippen LogP contribution in [0, 0.1) is 5.92 Å². The minimum absolute atomic E-state index is 0.104. The van der Waals surface area contributed by atoms with Gasteiger partial charge in [-0.25, -0.2) is 0 Å². The summed E-state index contributed by atoms with van der Waals surface area (Å²) in [7, 11) is 1.79. The molecule has 2 aliphatic rings. The molecule has 1 aliphatic heterocycles. The van der Waals surface area contributed by atoms with E-state index < -0.39 is 5.60 Å². The zero-order valence-electron chi connectivity index (χ0n) is 12.9. The molecule has 1 amide bonds. The molecule has 1 aliphatic carbocycles. The number of carbonyl (C=O) groups is 1. The van der Waals surface area contributed by atoms with E-state index in [1.807, 2.05) is 0 Å². The van der Waals surface area contributed by atoms with Gasteiger partial charge >= 0.3 is 0 Å². The molecule has 3 N–H and O–H groups in total. The van der Waals surface area contributed by atoms with Crippen LogP contribution in [-0.2, 0) is 4.79 Å². The fourth-order valence-corrected chi connectivity index (χ4v) is 3.59. The van der Waals surface area contributed by atoms with E-state index in [1.54, 1.807) is 11.9 Å². The van der Waals surface area contributed by atoms with Crippen LogP contribution in [0.25, 0.3) is 0 Å². The monoisotopic (exact) mass is 313 g/mol. The van der Waals surface area contributed by atoms with Crippen molar-refractivity contribution >= 4 is 23.1 Å². The van der Waals surface area contributed by atoms with E-state index >= 15 is 0 Å². The van der Waals surface area contributed by atoms with Crippen LogP contribution < -0.4 is 5.73 Å². The predicted octanol–water partition coefficient (Wildman–Crippen LogP) is 0.748. The quantitative estimate of drug-likeness (QED) is 0.733. The number of piperidine rings is 1. The van der Waals surface area contributed by atoms with Crippen molar-refractivity contribution in [2.45, 2.75) is 44.1 Å². The van der Waals surface area contributed by atoms with E-state index in [9.17, 15) is 9.90 Å². The Morgan fingerprint density at radius 2 is 2.24 bits per heavy atom. The van der Waals surface area contributed by atoms with Crippen LogP contribution in [0.4, 0.5) is 0 Å². The Morgan fingerprint density at radius 1 is 1.48 bits per heavy atom. The number of likely N-dealkylation sites (N-methyl/N-ethyl adjacent to an activating group) is 1. The van der Waals surface area contributed by atoms with E-state index in [0.717, 1.165) is 38.8 Å². The molecule has 21 heavy (non-hydrogen) atoms. The van der Waals surface area contributed by atoms with Crippen molar-refractivity contribution < 1.29 is 9.90 Å². The standard InChI is InChI=1S/C15H27N3O2S/c1-17(8-5-13(16)21)14(19)11-18-9-7-15(20)6-3-2-4-12(15)10-18/h12,20H,2-11H2,1H3,(H2,16,21). The molecule has 1 heterocycles. The minimum Gasteiger partial charge on any atom is -0.393 e. The Kier molecular flexibility index (Phi) is 5.57. The molecule has 0 radical (unpaired) electrons. The van der Waals surface area contributed by atoms with Gasteiger partial charge in [0.2, 0.25) is 5.91 Å². The zero-order valence-corrected chi connectivity index (χ0v) is 13.7. The molecule has 5 nitrogen and oxygen atoms in total. The molecule has 2 rings (SSSR count). The van der Waals surface area contributed by atoms with Crippen molar-refractivity contribution in [3.8, 4) is 0 Å². The largest absolute Gasteiger partial charge is 0.393 e. The van der Waals surface area contributed by atoms with Gasteiger partial charge in [-0.05, 0) is 19.3 Å². The molecule has 6 heteroatoms. The molecule has 120 valence electrons. The second-order valence-electron chi connectivity index (χ2n) is 6.56. The Morgan fingerprint density at radius 3 is 2.95 bits per heavy atom. The second kappa shape index (κ2) is 7.03. The maximum absolute atomic E-state index is 12.2. The first-order chi connectivity index (χ1) is 9.90. The Hall–Kier alpha value is -0.720.